The van der Waals surface area contributed by atoms with E-state index < -0.39 is 10.8 Å². The van der Waals surface area contributed by atoms with E-state index in [2.05, 4.69) is 5.32 Å². The van der Waals surface area contributed by atoms with Crippen LogP contribution in [0.15, 0.2) is 0 Å². The summed E-state index contributed by atoms with van der Waals surface area (Å²) in [6.45, 7) is 2.54. The van der Waals surface area contributed by atoms with E-state index in [1.54, 1.807) is 6.26 Å². The molecule has 4 unspecified atom stereocenters. The molecule has 0 radical (unpaired) electrons. The van der Waals surface area contributed by atoms with E-state index in [-0.39, 0.29) is 23.1 Å². The van der Waals surface area contributed by atoms with E-state index in [0.717, 1.165) is 32.1 Å². The van der Waals surface area contributed by atoms with E-state index in [0.29, 0.717) is 6.54 Å². The van der Waals surface area contributed by atoms with Crippen molar-refractivity contribution in [2.45, 2.75) is 56.7 Å². The molecule has 0 aromatic heterocycles. The number of rotatable bonds is 5. The van der Waals surface area contributed by atoms with Crippen LogP contribution in [0.4, 0.5) is 0 Å². The lowest BCUT2D eigenvalue weighted by atomic mass is 9.94. The van der Waals surface area contributed by atoms with Crippen molar-refractivity contribution >= 4 is 16.7 Å². The number of carbonyl (C=O) groups excluding carboxylic acids is 1. The van der Waals surface area contributed by atoms with Crippen LogP contribution in [0.25, 0.3) is 0 Å². The maximum atomic E-state index is 12.0. The predicted octanol–water partition coefficient (Wildman–Crippen LogP) is 1.17. The van der Waals surface area contributed by atoms with Crippen LogP contribution >= 0.6 is 0 Å². The van der Waals surface area contributed by atoms with Crippen molar-refractivity contribution in [1.29, 1.82) is 0 Å². The third-order valence-electron chi connectivity index (χ3n) is 3.82. The maximum absolute atomic E-state index is 12.0. The molecule has 4 nitrogen and oxygen atoms in total. The monoisotopic (exact) mass is 274 g/mol. The zero-order valence-corrected chi connectivity index (χ0v) is 12.3. The highest BCUT2D eigenvalue weighted by Gasteiger charge is 2.26. The summed E-state index contributed by atoms with van der Waals surface area (Å²) in [5, 5.41) is 3.08. The highest BCUT2D eigenvalue weighted by molar-refractivity contribution is 7.84. The number of hydrogen-bond acceptors (Lipinski definition) is 3. The van der Waals surface area contributed by atoms with Crippen LogP contribution < -0.4 is 11.1 Å². The van der Waals surface area contributed by atoms with Crippen LogP contribution in [0.5, 0.6) is 0 Å². The number of amides is 1. The fourth-order valence-corrected chi connectivity index (χ4v) is 2.81. The van der Waals surface area contributed by atoms with Crippen molar-refractivity contribution in [2.75, 3.05) is 12.8 Å². The van der Waals surface area contributed by atoms with Crippen molar-refractivity contribution in [3.05, 3.63) is 0 Å². The fourth-order valence-electron chi connectivity index (χ4n) is 2.36. The lowest BCUT2D eigenvalue weighted by molar-refractivity contribution is -0.125. The smallest absolute Gasteiger partial charge is 0.224 e. The average molecular weight is 274 g/mol. The van der Waals surface area contributed by atoms with Crippen LogP contribution in [0.2, 0.25) is 0 Å². The van der Waals surface area contributed by atoms with Gasteiger partial charge >= 0.3 is 0 Å². The molecule has 0 aromatic carbocycles. The van der Waals surface area contributed by atoms with Crippen LogP contribution in [0.1, 0.15) is 45.4 Å². The molecule has 1 saturated carbocycles. The molecule has 1 amide bonds. The van der Waals surface area contributed by atoms with Crippen molar-refractivity contribution in [2.24, 2.45) is 11.7 Å². The largest absolute Gasteiger partial charge is 0.356 e. The van der Waals surface area contributed by atoms with Gasteiger partial charge in [-0.2, -0.15) is 0 Å². The van der Waals surface area contributed by atoms with Gasteiger partial charge in [0.1, 0.15) is 0 Å². The second-order valence-corrected chi connectivity index (χ2v) is 7.10. The minimum atomic E-state index is -0.816. The van der Waals surface area contributed by atoms with E-state index in [9.17, 15) is 9.00 Å². The Labute approximate surface area is 113 Å². The van der Waals surface area contributed by atoms with Gasteiger partial charge < -0.3 is 11.1 Å². The molecule has 1 aliphatic carbocycles. The molecule has 0 aromatic rings. The first-order valence-electron chi connectivity index (χ1n) is 6.88. The standard InChI is InChI=1S/C13H26N2O2S/c1-10(18(2)17)8-9-15-13(16)11-6-4-3-5-7-12(11)14/h10-12H,3-9,14H2,1-2H3,(H,15,16). The highest BCUT2D eigenvalue weighted by atomic mass is 32.2. The Hall–Kier alpha value is -0.420. The topological polar surface area (TPSA) is 72.2 Å². The Kier molecular flexibility index (Phi) is 6.86. The van der Waals surface area contributed by atoms with Crippen molar-refractivity contribution in [3.63, 3.8) is 0 Å². The first-order valence-corrected chi connectivity index (χ1v) is 8.50. The summed E-state index contributed by atoms with van der Waals surface area (Å²) in [4.78, 5) is 12.0. The Morgan fingerprint density at radius 3 is 2.72 bits per heavy atom. The molecule has 5 heteroatoms. The minimum Gasteiger partial charge on any atom is -0.356 e. The summed E-state index contributed by atoms with van der Waals surface area (Å²) in [6, 6.07) is 0.00484. The Bertz CT molecular complexity index is 297. The molecule has 1 fully saturated rings. The summed E-state index contributed by atoms with van der Waals surface area (Å²) >= 11 is 0. The summed E-state index contributed by atoms with van der Waals surface area (Å²) in [7, 11) is -0.816. The molecule has 4 atom stereocenters. The van der Waals surface area contributed by atoms with Gasteiger partial charge in [-0.05, 0) is 19.3 Å². The molecule has 0 saturated heterocycles. The summed E-state index contributed by atoms with van der Waals surface area (Å²) in [5.41, 5.74) is 6.05. The van der Waals surface area contributed by atoms with Gasteiger partial charge in [0, 0.05) is 34.9 Å². The maximum Gasteiger partial charge on any atom is 0.224 e. The lowest BCUT2D eigenvalue weighted by Gasteiger charge is -2.20. The summed E-state index contributed by atoms with van der Waals surface area (Å²) < 4.78 is 11.2. The molecule has 0 bridgehead atoms. The van der Waals surface area contributed by atoms with Gasteiger partial charge in [0.2, 0.25) is 5.91 Å². The molecular formula is C13H26N2O2S. The quantitative estimate of drug-likeness (QED) is 0.739. The predicted molar refractivity (Wildman–Crippen MR) is 75.7 cm³/mol. The average Bonchev–Trinajstić information content (AvgIpc) is 2.53. The Morgan fingerprint density at radius 1 is 1.39 bits per heavy atom. The van der Waals surface area contributed by atoms with Crippen molar-refractivity contribution < 1.29 is 9.00 Å². The van der Waals surface area contributed by atoms with E-state index in [1.807, 2.05) is 6.92 Å². The number of nitrogens with two attached hydrogens (primary N) is 1. The first kappa shape index (κ1) is 15.6. The number of carbonyl (C=O) groups is 1. The third-order valence-corrected chi connectivity index (χ3v) is 5.19. The zero-order valence-electron chi connectivity index (χ0n) is 11.5. The lowest BCUT2D eigenvalue weighted by Crippen LogP contribution is -2.42. The van der Waals surface area contributed by atoms with Crippen LogP contribution in [-0.2, 0) is 15.6 Å². The molecule has 3 N–H and O–H groups in total. The molecule has 18 heavy (non-hydrogen) atoms. The van der Waals surface area contributed by atoms with E-state index in [1.165, 1.54) is 6.42 Å². The summed E-state index contributed by atoms with van der Waals surface area (Å²) in [6.07, 6.45) is 7.74. The minimum absolute atomic E-state index is 0.00484. The molecule has 0 aliphatic heterocycles. The van der Waals surface area contributed by atoms with Gasteiger partial charge in [-0.1, -0.05) is 26.2 Å². The second kappa shape index (κ2) is 7.89. The van der Waals surface area contributed by atoms with E-state index >= 15 is 0 Å². The first-order chi connectivity index (χ1) is 8.52. The molecule has 0 heterocycles. The molecule has 1 aliphatic rings. The molecule has 106 valence electrons. The van der Waals surface area contributed by atoms with E-state index in [4.69, 9.17) is 5.73 Å². The van der Waals surface area contributed by atoms with Gasteiger partial charge in [0.05, 0.1) is 5.92 Å². The third kappa shape index (κ3) is 5.06. The van der Waals surface area contributed by atoms with Gasteiger partial charge in [-0.3, -0.25) is 9.00 Å². The van der Waals surface area contributed by atoms with Gasteiger partial charge in [0.25, 0.3) is 0 Å². The number of nitrogens with one attached hydrogen (secondary N) is 1. The Balaban J connectivity index is 2.32. The second-order valence-electron chi connectivity index (χ2n) is 5.30. The van der Waals surface area contributed by atoms with Gasteiger partial charge in [0.15, 0.2) is 0 Å². The van der Waals surface area contributed by atoms with Crippen LogP contribution in [0.3, 0.4) is 0 Å². The zero-order chi connectivity index (χ0) is 13.5. The van der Waals surface area contributed by atoms with Crippen LogP contribution in [0, 0.1) is 5.92 Å². The molecule has 1 rings (SSSR count). The normalized spacial score (nSPS) is 28.2. The SMILES string of the molecule is CC(CCNC(=O)C1CCCCCC1N)S(C)=O. The van der Waals surface area contributed by atoms with Gasteiger partial charge in [-0.25, -0.2) is 0 Å². The number of hydrogen-bond donors (Lipinski definition) is 2. The Morgan fingerprint density at radius 2 is 2.06 bits per heavy atom. The van der Waals surface area contributed by atoms with Crippen molar-refractivity contribution in [1.82, 2.24) is 5.32 Å². The highest BCUT2D eigenvalue weighted by Crippen LogP contribution is 2.22. The summed E-state index contributed by atoms with van der Waals surface area (Å²) in [5.74, 6) is 0.0495. The van der Waals surface area contributed by atoms with Crippen molar-refractivity contribution in [3.8, 4) is 0 Å². The fraction of sp³-hybridized carbons (Fsp3) is 0.923. The van der Waals surface area contributed by atoms with Gasteiger partial charge in [-0.15, -0.1) is 0 Å². The molecular weight excluding hydrogens is 248 g/mol. The van der Waals surface area contributed by atoms with Crippen LogP contribution in [-0.4, -0.2) is 34.2 Å². The molecule has 0 spiro atoms.